The maximum atomic E-state index is 5.53. The zero-order valence-electron chi connectivity index (χ0n) is 14.4. The number of halogens is 1. The second-order valence-electron chi connectivity index (χ2n) is 4.92. The van der Waals surface area contributed by atoms with Gasteiger partial charge in [0.25, 0.3) is 0 Å². The summed E-state index contributed by atoms with van der Waals surface area (Å²) in [5.74, 6) is 1.40. The lowest BCUT2D eigenvalue weighted by Gasteiger charge is -2.13. The van der Waals surface area contributed by atoms with Crippen molar-refractivity contribution in [3.63, 3.8) is 0 Å². The lowest BCUT2D eigenvalue weighted by molar-refractivity contribution is 0.322. The molecule has 132 valence electrons. The van der Waals surface area contributed by atoms with Crippen LogP contribution in [0.4, 0.5) is 0 Å². The number of nitrogens with zero attached hydrogens (tertiary/aromatic N) is 3. The minimum absolute atomic E-state index is 0. The van der Waals surface area contributed by atoms with Crippen LogP contribution in [0.25, 0.3) is 0 Å². The van der Waals surface area contributed by atoms with Gasteiger partial charge in [0.15, 0.2) is 5.96 Å². The number of hydrogen-bond donors (Lipinski definition) is 2. The SMILES string of the molecule is CCOc1ncccc1CNC(=NC)NCc1sc(C)nc1C.I. The molecule has 0 saturated carbocycles. The molecule has 0 fully saturated rings. The summed E-state index contributed by atoms with van der Waals surface area (Å²) in [6.45, 7) is 7.91. The quantitative estimate of drug-likeness (QED) is 0.393. The Morgan fingerprint density at radius 1 is 1.29 bits per heavy atom. The Morgan fingerprint density at radius 2 is 2.04 bits per heavy atom. The van der Waals surface area contributed by atoms with E-state index in [9.17, 15) is 0 Å². The van der Waals surface area contributed by atoms with Gasteiger partial charge in [0.1, 0.15) is 0 Å². The molecule has 8 heteroatoms. The van der Waals surface area contributed by atoms with E-state index in [4.69, 9.17) is 4.74 Å². The third-order valence-corrected chi connectivity index (χ3v) is 4.29. The van der Waals surface area contributed by atoms with E-state index >= 15 is 0 Å². The highest BCUT2D eigenvalue weighted by Gasteiger charge is 2.07. The Morgan fingerprint density at radius 3 is 2.67 bits per heavy atom. The van der Waals surface area contributed by atoms with Gasteiger partial charge in [-0.25, -0.2) is 9.97 Å². The molecule has 2 N–H and O–H groups in total. The monoisotopic (exact) mass is 461 g/mol. The lowest BCUT2D eigenvalue weighted by Crippen LogP contribution is -2.36. The zero-order valence-corrected chi connectivity index (χ0v) is 17.6. The first kappa shape index (κ1) is 20.6. The Balaban J connectivity index is 0.00000288. The third-order valence-electron chi connectivity index (χ3n) is 3.22. The molecular formula is C16H24IN5OS. The average Bonchev–Trinajstić information content (AvgIpc) is 2.87. The Hall–Kier alpha value is -1.42. The van der Waals surface area contributed by atoms with Gasteiger partial charge in [-0.3, -0.25) is 4.99 Å². The van der Waals surface area contributed by atoms with E-state index in [0.29, 0.717) is 25.6 Å². The molecule has 24 heavy (non-hydrogen) atoms. The highest BCUT2D eigenvalue weighted by molar-refractivity contribution is 14.0. The Kier molecular flexibility index (Phi) is 8.98. The molecule has 2 heterocycles. The van der Waals surface area contributed by atoms with E-state index in [1.807, 2.05) is 32.9 Å². The molecule has 0 radical (unpaired) electrons. The van der Waals surface area contributed by atoms with E-state index in [2.05, 4.69) is 25.6 Å². The smallest absolute Gasteiger partial charge is 0.218 e. The first-order valence-electron chi connectivity index (χ1n) is 7.58. The predicted molar refractivity (Wildman–Crippen MR) is 109 cm³/mol. The van der Waals surface area contributed by atoms with Crippen LogP contribution in [0.2, 0.25) is 0 Å². The van der Waals surface area contributed by atoms with Crippen LogP contribution in [-0.2, 0) is 13.1 Å². The van der Waals surface area contributed by atoms with E-state index in [1.165, 1.54) is 4.88 Å². The minimum atomic E-state index is 0. The average molecular weight is 461 g/mol. The molecule has 0 unspecified atom stereocenters. The van der Waals surface area contributed by atoms with Crippen molar-refractivity contribution < 1.29 is 4.74 Å². The molecule has 2 rings (SSSR count). The first-order chi connectivity index (χ1) is 11.1. The second-order valence-corrected chi connectivity index (χ2v) is 6.21. The number of thiazole rings is 1. The van der Waals surface area contributed by atoms with Crippen LogP contribution in [0, 0.1) is 13.8 Å². The normalized spacial score (nSPS) is 10.9. The fourth-order valence-electron chi connectivity index (χ4n) is 2.13. The number of nitrogens with one attached hydrogen (secondary N) is 2. The van der Waals surface area contributed by atoms with Crippen molar-refractivity contribution in [3.8, 4) is 5.88 Å². The molecule has 0 bridgehead atoms. The summed E-state index contributed by atoms with van der Waals surface area (Å²) in [6, 6.07) is 3.90. The van der Waals surface area contributed by atoms with Gasteiger partial charge in [0.05, 0.1) is 23.9 Å². The lowest BCUT2D eigenvalue weighted by atomic mass is 10.2. The molecular weight excluding hydrogens is 437 g/mol. The summed E-state index contributed by atoms with van der Waals surface area (Å²) in [6.07, 6.45) is 1.73. The van der Waals surface area contributed by atoms with E-state index < -0.39 is 0 Å². The summed E-state index contributed by atoms with van der Waals surface area (Å²) in [7, 11) is 1.76. The van der Waals surface area contributed by atoms with Gasteiger partial charge in [0.2, 0.25) is 5.88 Å². The minimum Gasteiger partial charge on any atom is -0.478 e. The molecule has 0 amide bonds. The van der Waals surface area contributed by atoms with Crippen molar-refractivity contribution in [2.24, 2.45) is 4.99 Å². The summed E-state index contributed by atoms with van der Waals surface area (Å²) >= 11 is 1.70. The molecule has 2 aromatic rings. The summed E-state index contributed by atoms with van der Waals surface area (Å²) in [4.78, 5) is 14.2. The van der Waals surface area contributed by atoms with Crippen LogP contribution in [-0.4, -0.2) is 29.6 Å². The largest absolute Gasteiger partial charge is 0.478 e. The number of aliphatic imine (C=N–C) groups is 1. The number of ether oxygens (including phenoxy) is 1. The van der Waals surface area contributed by atoms with E-state index in [0.717, 1.165) is 22.2 Å². The van der Waals surface area contributed by atoms with E-state index in [-0.39, 0.29) is 24.0 Å². The first-order valence-corrected chi connectivity index (χ1v) is 8.39. The van der Waals surface area contributed by atoms with Crippen molar-refractivity contribution in [2.45, 2.75) is 33.9 Å². The third kappa shape index (κ3) is 5.90. The summed E-state index contributed by atoms with van der Waals surface area (Å²) in [5.41, 5.74) is 2.07. The molecule has 0 aliphatic rings. The van der Waals surface area contributed by atoms with Crippen LogP contribution < -0.4 is 15.4 Å². The van der Waals surface area contributed by atoms with Gasteiger partial charge in [-0.1, -0.05) is 6.07 Å². The van der Waals surface area contributed by atoms with Crippen LogP contribution in [0.15, 0.2) is 23.3 Å². The number of pyridine rings is 1. The molecule has 6 nitrogen and oxygen atoms in total. The van der Waals surface area contributed by atoms with Gasteiger partial charge in [-0.05, 0) is 26.8 Å². The van der Waals surface area contributed by atoms with Crippen molar-refractivity contribution in [1.82, 2.24) is 20.6 Å². The van der Waals surface area contributed by atoms with Crippen LogP contribution >= 0.6 is 35.3 Å². The summed E-state index contributed by atoms with van der Waals surface area (Å²) < 4.78 is 5.53. The maximum Gasteiger partial charge on any atom is 0.218 e. The number of hydrogen-bond acceptors (Lipinski definition) is 5. The van der Waals surface area contributed by atoms with Crippen molar-refractivity contribution >= 4 is 41.3 Å². The molecule has 0 saturated heterocycles. The molecule has 0 aliphatic heterocycles. The van der Waals surface area contributed by atoms with Crippen molar-refractivity contribution in [2.75, 3.05) is 13.7 Å². The van der Waals surface area contributed by atoms with Gasteiger partial charge >= 0.3 is 0 Å². The molecule has 0 spiro atoms. The molecule has 0 aromatic carbocycles. The fraction of sp³-hybridized carbons (Fsp3) is 0.438. The number of aromatic nitrogens is 2. The fourth-order valence-corrected chi connectivity index (χ4v) is 3.00. The van der Waals surface area contributed by atoms with Crippen molar-refractivity contribution in [1.29, 1.82) is 0 Å². The highest BCUT2D eigenvalue weighted by atomic mass is 127. The topological polar surface area (TPSA) is 71.4 Å². The van der Waals surface area contributed by atoms with Gasteiger partial charge in [-0.2, -0.15) is 0 Å². The van der Waals surface area contributed by atoms with Crippen LogP contribution in [0.1, 0.15) is 28.1 Å². The van der Waals surface area contributed by atoms with Gasteiger partial charge < -0.3 is 15.4 Å². The van der Waals surface area contributed by atoms with Gasteiger partial charge in [0, 0.05) is 30.2 Å². The predicted octanol–water partition coefficient (Wildman–Crippen LogP) is 3.04. The maximum absolute atomic E-state index is 5.53. The van der Waals surface area contributed by atoms with Crippen LogP contribution in [0.3, 0.4) is 0 Å². The number of aryl methyl sites for hydroxylation is 2. The van der Waals surface area contributed by atoms with Gasteiger partial charge in [-0.15, -0.1) is 35.3 Å². The summed E-state index contributed by atoms with van der Waals surface area (Å²) in [5, 5.41) is 7.68. The molecule has 0 aliphatic carbocycles. The zero-order chi connectivity index (χ0) is 16.7. The number of rotatable bonds is 6. The standard InChI is InChI=1S/C16H23N5OS.HI/c1-5-22-15-13(7-6-8-18-15)9-19-16(17-4)20-10-14-11(2)21-12(3)23-14;/h6-8H,5,9-10H2,1-4H3,(H2,17,19,20);1H. The Labute approximate surface area is 164 Å². The Bertz CT molecular complexity index is 674. The highest BCUT2D eigenvalue weighted by Crippen LogP contribution is 2.16. The number of guanidine groups is 1. The van der Waals surface area contributed by atoms with E-state index in [1.54, 1.807) is 24.6 Å². The van der Waals surface area contributed by atoms with Crippen LogP contribution in [0.5, 0.6) is 5.88 Å². The molecule has 2 aromatic heterocycles. The second kappa shape index (κ2) is 10.4. The molecule has 0 atom stereocenters. The van der Waals surface area contributed by atoms with Crippen molar-refractivity contribution in [3.05, 3.63) is 39.5 Å².